The number of hydrogen-bond donors (Lipinski definition) is 1. The minimum absolute atomic E-state index is 0.140. The predicted octanol–water partition coefficient (Wildman–Crippen LogP) is 2.93. The van der Waals surface area contributed by atoms with Crippen molar-refractivity contribution in [1.29, 1.82) is 0 Å². The summed E-state index contributed by atoms with van der Waals surface area (Å²) in [5.74, 6) is 0.140. The fourth-order valence-corrected chi connectivity index (χ4v) is 3.66. The Bertz CT molecular complexity index is 600. The number of likely N-dealkylation sites (tertiary alicyclic amines) is 1. The summed E-state index contributed by atoms with van der Waals surface area (Å²) in [7, 11) is -3.11. The summed E-state index contributed by atoms with van der Waals surface area (Å²) in [6, 6.07) is 7.57. The van der Waals surface area contributed by atoms with Gasteiger partial charge in [0, 0.05) is 31.4 Å². The number of hydrogen-bond acceptors (Lipinski definition) is 4. The highest BCUT2D eigenvalue weighted by atomic mass is 32.2. The summed E-state index contributed by atoms with van der Waals surface area (Å²) in [4.78, 5) is 2.83. The van der Waals surface area contributed by atoms with Gasteiger partial charge in [-0.2, -0.15) is 0 Å². The molecular weight excluding hydrogens is 296 g/mol. The quantitative estimate of drug-likeness (QED) is 0.818. The average molecular weight is 322 g/mol. The number of piperidine rings is 1. The minimum Gasteiger partial charge on any atom is -0.382 e. The molecule has 0 radical (unpaired) electrons. The maximum Gasteiger partial charge on any atom is 0.178 e. The largest absolute Gasteiger partial charge is 0.382 e. The fraction of sp³-hybridized carbons (Fsp3) is 0.529. The summed E-state index contributed by atoms with van der Waals surface area (Å²) >= 11 is 0. The first kappa shape index (κ1) is 17.0. The van der Waals surface area contributed by atoms with Crippen LogP contribution in [-0.2, 0) is 9.84 Å². The lowest BCUT2D eigenvalue weighted by Gasteiger charge is -2.33. The Labute approximate surface area is 134 Å². The molecule has 0 aromatic heterocycles. The van der Waals surface area contributed by atoms with Gasteiger partial charge in [-0.05, 0) is 44.0 Å². The number of nitrogens with zero attached hydrogens (tertiary/aromatic N) is 1. The maximum atomic E-state index is 11.8. The molecule has 22 heavy (non-hydrogen) atoms. The lowest BCUT2D eigenvalue weighted by molar-refractivity contribution is 0.236. The number of nitrogens with one attached hydrogen (secondary N) is 1. The second kappa shape index (κ2) is 7.29. The van der Waals surface area contributed by atoms with Gasteiger partial charge in [-0.15, -0.1) is 0 Å². The Morgan fingerprint density at radius 2 is 1.86 bits per heavy atom. The molecule has 0 unspecified atom stereocenters. The second-order valence-corrected chi connectivity index (χ2v) is 8.36. The van der Waals surface area contributed by atoms with Gasteiger partial charge in [0.15, 0.2) is 9.84 Å². The van der Waals surface area contributed by atoms with Crippen LogP contribution in [0.2, 0.25) is 0 Å². The van der Waals surface area contributed by atoms with Crippen molar-refractivity contribution < 1.29 is 8.42 Å². The molecule has 0 amide bonds. The first-order chi connectivity index (χ1) is 10.4. The summed E-state index contributed by atoms with van der Waals surface area (Å²) in [6.45, 7) is 10.8. The molecule has 1 aliphatic heterocycles. The average Bonchev–Trinajstić information content (AvgIpc) is 2.49. The van der Waals surface area contributed by atoms with Crippen LogP contribution >= 0.6 is 0 Å². The molecule has 0 spiro atoms. The van der Waals surface area contributed by atoms with E-state index >= 15 is 0 Å². The van der Waals surface area contributed by atoms with Gasteiger partial charge in [0.1, 0.15) is 0 Å². The highest BCUT2D eigenvalue weighted by molar-refractivity contribution is 7.91. The molecule has 1 saturated heterocycles. The van der Waals surface area contributed by atoms with Crippen molar-refractivity contribution in [3.05, 3.63) is 36.4 Å². The Kier molecular flexibility index (Phi) is 5.64. The molecule has 4 nitrogen and oxygen atoms in total. The first-order valence-corrected chi connectivity index (χ1v) is 9.52. The summed E-state index contributed by atoms with van der Waals surface area (Å²) in [5, 5.41) is 3.51. The molecule has 1 fully saturated rings. The van der Waals surface area contributed by atoms with E-state index in [9.17, 15) is 8.42 Å². The van der Waals surface area contributed by atoms with Crippen LogP contribution in [-0.4, -0.2) is 44.7 Å². The zero-order valence-electron chi connectivity index (χ0n) is 13.5. The van der Waals surface area contributed by atoms with Crippen LogP contribution in [0, 0.1) is 0 Å². The molecule has 2 rings (SSSR count). The van der Waals surface area contributed by atoms with Gasteiger partial charge in [-0.1, -0.05) is 19.1 Å². The molecule has 0 saturated carbocycles. The predicted molar refractivity (Wildman–Crippen MR) is 92.1 cm³/mol. The normalized spacial score (nSPS) is 17.4. The third kappa shape index (κ3) is 4.58. The Morgan fingerprint density at radius 1 is 1.27 bits per heavy atom. The van der Waals surface area contributed by atoms with Crippen molar-refractivity contribution in [3.8, 4) is 0 Å². The van der Waals surface area contributed by atoms with Crippen LogP contribution in [0.1, 0.15) is 26.7 Å². The van der Waals surface area contributed by atoms with Gasteiger partial charge in [-0.25, -0.2) is 8.42 Å². The summed E-state index contributed by atoms with van der Waals surface area (Å²) < 4.78 is 23.6. The fourth-order valence-electron chi connectivity index (χ4n) is 2.78. The van der Waals surface area contributed by atoms with Crippen molar-refractivity contribution in [2.75, 3.05) is 30.7 Å². The topological polar surface area (TPSA) is 49.4 Å². The van der Waals surface area contributed by atoms with Gasteiger partial charge in [-0.3, -0.25) is 4.90 Å². The van der Waals surface area contributed by atoms with Gasteiger partial charge < -0.3 is 5.32 Å². The first-order valence-electron chi connectivity index (χ1n) is 7.87. The smallest absolute Gasteiger partial charge is 0.178 e. The molecule has 0 bridgehead atoms. The molecular formula is C17H26N2O2S. The molecule has 1 aromatic rings. The number of anilines is 1. The highest BCUT2D eigenvalue weighted by Crippen LogP contribution is 2.19. The van der Waals surface area contributed by atoms with Crippen molar-refractivity contribution in [3.63, 3.8) is 0 Å². The molecule has 5 heteroatoms. The standard InChI is InChI=1S/C17H26N2O2S/c1-4-22(20,21)17-7-5-15(6-8-17)18-16-9-11-19(12-10-16)13-14(2)3/h5-8,16,18H,2,4,9-13H2,1,3H3. The third-order valence-electron chi connectivity index (χ3n) is 4.05. The molecule has 0 atom stereocenters. The third-order valence-corrected chi connectivity index (χ3v) is 5.80. The molecule has 1 aromatic carbocycles. The SMILES string of the molecule is C=C(C)CN1CCC(Nc2ccc(S(=O)(=O)CC)cc2)CC1. The molecule has 1 aliphatic rings. The number of rotatable bonds is 6. The van der Waals surface area contributed by atoms with Crippen LogP contribution in [0.15, 0.2) is 41.3 Å². The summed E-state index contributed by atoms with van der Waals surface area (Å²) in [5.41, 5.74) is 2.20. The van der Waals surface area contributed by atoms with E-state index in [1.54, 1.807) is 19.1 Å². The van der Waals surface area contributed by atoms with E-state index in [0.29, 0.717) is 10.9 Å². The zero-order valence-corrected chi connectivity index (χ0v) is 14.3. The van der Waals surface area contributed by atoms with Crippen molar-refractivity contribution in [2.45, 2.75) is 37.6 Å². The van der Waals surface area contributed by atoms with E-state index in [1.165, 1.54) is 5.57 Å². The van der Waals surface area contributed by atoms with Crippen LogP contribution in [0.25, 0.3) is 0 Å². The van der Waals surface area contributed by atoms with Crippen molar-refractivity contribution in [2.24, 2.45) is 0 Å². The number of sulfone groups is 1. The zero-order chi connectivity index (χ0) is 16.2. The van der Waals surface area contributed by atoms with Crippen molar-refractivity contribution in [1.82, 2.24) is 4.90 Å². The summed E-state index contributed by atoms with van der Waals surface area (Å²) in [6.07, 6.45) is 2.20. The van der Waals surface area contributed by atoms with E-state index in [1.807, 2.05) is 12.1 Å². The molecule has 122 valence electrons. The van der Waals surface area contributed by atoms with Crippen molar-refractivity contribution >= 4 is 15.5 Å². The number of benzene rings is 1. The van der Waals surface area contributed by atoms with Crippen LogP contribution in [0.3, 0.4) is 0 Å². The van der Waals surface area contributed by atoms with Gasteiger partial charge in [0.25, 0.3) is 0 Å². The monoisotopic (exact) mass is 322 g/mol. The molecule has 1 N–H and O–H groups in total. The lowest BCUT2D eigenvalue weighted by atomic mass is 10.0. The lowest BCUT2D eigenvalue weighted by Crippen LogP contribution is -2.39. The van der Waals surface area contributed by atoms with E-state index < -0.39 is 9.84 Å². The van der Waals surface area contributed by atoms with Gasteiger partial charge in [0.2, 0.25) is 0 Å². The van der Waals surface area contributed by atoms with E-state index in [4.69, 9.17) is 0 Å². The maximum absolute atomic E-state index is 11.8. The molecule has 1 heterocycles. The van der Waals surface area contributed by atoms with Crippen LogP contribution in [0.5, 0.6) is 0 Å². The van der Waals surface area contributed by atoms with E-state index in [2.05, 4.69) is 23.7 Å². The Balaban J connectivity index is 1.89. The van der Waals surface area contributed by atoms with E-state index in [0.717, 1.165) is 38.2 Å². The van der Waals surface area contributed by atoms with Crippen LogP contribution in [0.4, 0.5) is 5.69 Å². The van der Waals surface area contributed by atoms with E-state index in [-0.39, 0.29) is 5.75 Å². The highest BCUT2D eigenvalue weighted by Gasteiger charge is 2.19. The Morgan fingerprint density at radius 3 is 2.36 bits per heavy atom. The van der Waals surface area contributed by atoms with Gasteiger partial charge >= 0.3 is 0 Å². The minimum atomic E-state index is -3.11. The second-order valence-electron chi connectivity index (χ2n) is 6.08. The van der Waals surface area contributed by atoms with Gasteiger partial charge in [0.05, 0.1) is 10.6 Å². The Hall–Kier alpha value is -1.33. The van der Waals surface area contributed by atoms with Crippen LogP contribution < -0.4 is 5.32 Å². The molecule has 0 aliphatic carbocycles.